The number of benzene rings is 1. The average molecular weight is 367 g/mol. The quantitative estimate of drug-likeness (QED) is 0.256. The van der Waals surface area contributed by atoms with Gasteiger partial charge in [-0.2, -0.15) is 0 Å². The van der Waals surface area contributed by atoms with Crippen LogP contribution in [0.1, 0.15) is 19.4 Å². The second kappa shape index (κ2) is 8.13. The Morgan fingerprint density at radius 1 is 1.28 bits per heavy atom. The molecule has 1 aromatic rings. The highest BCUT2D eigenvalue weighted by Crippen LogP contribution is 2.30. The maximum absolute atomic E-state index is 12.4. The van der Waals surface area contributed by atoms with Crippen LogP contribution in [0.25, 0.3) is 0 Å². The minimum absolute atomic E-state index is 0.0513. The zero-order valence-corrected chi connectivity index (χ0v) is 14.6. The number of hydrogen-bond donors (Lipinski definition) is 2. The molecule has 1 heterocycles. The van der Waals surface area contributed by atoms with Crippen molar-refractivity contribution in [3.05, 3.63) is 47.2 Å². The predicted molar refractivity (Wildman–Crippen MR) is 90.1 cm³/mol. The molecule has 7 nitrogen and oxygen atoms in total. The smallest absolute Gasteiger partial charge is 0.355 e. The number of esters is 1. The first-order chi connectivity index (χ1) is 11.9. The fourth-order valence-electron chi connectivity index (χ4n) is 2.37. The van der Waals surface area contributed by atoms with Crippen LogP contribution in [0.3, 0.4) is 0 Å². The van der Waals surface area contributed by atoms with Gasteiger partial charge in [-0.3, -0.25) is 14.5 Å². The van der Waals surface area contributed by atoms with Gasteiger partial charge in [-0.25, -0.2) is 4.79 Å². The monoisotopic (exact) mass is 366 g/mol. The number of rotatable bonds is 6. The summed E-state index contributed by atoms with van der Waals surface area (Å²) in [7, 11) is 0. The third-order valence-electron chi connectivity index (χ3n) is 3.61. The molecule has 0 radical (unpaired) electrons. The number of halogens is 1. The van der Waals surface area contributed by atoms with E-state index in [1.54, 1.807) is 13.8 Å². The van der Waals surface area contributed by atoms with Crippen LogP contribution in [0.4, 0.5) is 0 Å². The molecule has 0 aliphatic carbocycles. The van der Waals surface area contributed by atoms with Crippen molar-refractivity contribution in [1.82, 2.24) is 10.2 Å². The lowest BCUT2D eigenvalue weighted by atomic mass is 10.0. The normalized spacial score (nSPS) is 19.0. The molecule has 1 fully saturated rings. The fraction of sp³-hybridized carbons (Fsp3) is 0.353. The molecule has 134 valence electrons. The maximum Gasteiger partial charge on any atom is 0.355 e. The van der Waals surface area contributed by atoms with E-state index in [-0.39, 0.29) is 12.3 Å². The number of likely N-dealkylation sites (tertiary alicyclic amines) is 1. The van der Waals surface area contributed by atoms with Gasteiger partial charge in [0.25, 0.3) is 5.91 Å². The Bertz CT molecular complexity index is 700. The number of β-lactam (4-membered cyclic amide) rings is 1. The summed E-state index contributed by atoms with van der Waals surface area (Å²) in [5, 5.41) is 11.0. The van der Waals surface area contributed by atoms with Crippen LogP contribution in [-0.2, 0) is 25.7 Å². The number of nitrogens with zero attached hydrogens (tertiary/aromatic N) is 1. The summed E-state index contributed by atoms with van der Waals surface area (Å²) in [6, 6.07) is 8.15. The molecule has 2 N–H and O–H groups in total. The van der Waals surface area contributed by atoms with Gasteiger partial charge in [0.15, 0.2) is 0 Å². The molecular formula is C17H19ClN2O5. The van der Waals surface area contributed by atoms with E-state index in [1.165, 1.54) is 0 Å². The van der Waals surface area contributed by atoms with E-state index in [1.807, 2.05) is 30.3 Å². The van der Waals surface area contributed by atoms with Crippen LogP contribution in [0.15, 0.2) is 41.6 Å². The van der Waals surface area contributed by atoms with Crippen LogP contribution in [-0.4, -0.2) is 45.9 Å². The van der Waals surface area contributed by atoms with E-state index in [0.717, 1.165) is 10.5 Å². The topological polar surface area (TPSA) is 95.9 Å². The minimum atomic E-state index is -0.988. The number of aliphatic hydroxyl groups excluding tert-OH is 1. The lowest BCUT2D eigenvalue weighted by molar-refractivity contribution is -0.153. The summed E-state index contributed by atoms with van der Waals surface area (Å²) in [6.07, 6.45) is 0. The lowest BCUT2D eigenvalue weighted by Gasteiger charge is -2.44. The number of nitrogens with one attached hydrogen (secondary N) is 1. The number of amides is 2. The van der Waals surface area contributed by atoms with Gasteiger partial charge in [-0.05, 0) is 25.0 Å². The van der Waals surface area contributed by atoms with Gasteiger partial charge in [0.2, 0.25) is 5.91 Å². The summed E-state index contributed by atoms with van der Waals surface area (Å²) in [6.45, 7) is 2.64. The van der Waals surface area contributed by atoms with Gasteiger partial charge in [0, 0.05) is 0 Å². The van der Waals surface area contributed by atoms with E-state index in [9.17, 15) is 14.4 Å². The van der Waals surface area contributed by atoms with Gasteiger partial charge in [0.05, 0.1) is 0 Å². The van der Waals surface area contributed by atoms with Crippen molar-refractivity contribution in [3.63, 3.8) is 0 Å². The lowest BCUT2D eigenvalue weighted by Crippen LogP contribution is -2.69. The second-order valence-electron chi connectivity index (χ2n) is 5.69. The summed E-state index contributed by atoms with van der Waals surface area (Å²) >= 11 is 6.14. The minimum Gasteiger partial charge on any atom is -0.456 e. The van der Waals surface area contributed by atoms with Crippen molar-refractivity contribution in [2.45, 2.75) is 32.0 Å². The third kappa shape index (κ3) is 4.18. The molecule has 1 aliphatic rings. The summed E-state index contributed by atoms with van der Waals surface area (Å²) < 4.78 is 5.27. The third-order valence-corrected chi connectivity index (χ3v) is 4.05. The van der Waals surface area contributed by atoms with E-state index in [0.29, 0.717) is 5.57 Å². The van der Waals surface area contributed by atoms with Crippen molar-refractivity contribution < 1.29 is 24.2 Å². The molecule has 8 heteroatoms. The Balaban J connectivity index is 2.06. The molecule has 0 spiro atoms. The molecule has 2 amide bonds. The van der Waals surface area contributed by atoms with E-state index >= 15 is 0 Å². The molecule has 0 unspecified atom stereocenters. The average Bonchev–Trinajstić information content (AvgIpc) is 2.62. The number of alkyl halides is 1. The van der Waals surface area contributed by atoms with E-state index < -0.39 is 35.9 Å². The van der Waals surface area contributed by atoms with Crippen molar-refractivity contribution >= 4 is 29.4 Å². The van der Waals surface area contributed by atoms with Gasteiger partial charge in [-0.1, -0.05) is 41.9 Å². The molecular weight excluding hydrogens is 348 g/mol. The highest BCUT2D eigenvalue weighted by Gasteiger charge is 2.50. The number of carbonyl (C=O) groups excluding carboxylic acids is 3. The van der Waals surface area contributed by atoms with Gasteiger partial charge >= 0.3 is 5.97 Å². The van der Waals surface area contributed by atoms with Crippen LogP contribution in [0.2, 0.25) is 0 Å². The number of allylic oxidation sites excluding steroid dienone is 1. The Kier molecular flexibility index (Phi) is 6.17. The van der Waals surface area contributed by atoms with Crippen LogP contribution in [0, 0.1) is 0 Å². The van der Waals surface area contributed by atoms with Gasteiger partial charge in [-0.15, -0.1) is 0 Å². The molecule has 0 aromatic heterocycles. The summed E-state index contributed by atoms with van der Waals surface area (Å²) in [5.41, 5.74) is 0.492. The van der Waals surface area contributed by atoms with Crippen molar-refractivity contribution in [2.75, 3.05) is 6.61 Å². The van der Waals surface area contributed by atoms with Gasteiger partial charge < -0.3 is 15.2 Å². The first-order valence-electron chi connectivity index (χ1n) is 7.62. The van der Waals surface area contributed by atoms with Gasteiger partial charge in [0.1, 0.15) is 30.5 Å². The van der Waals surface area contributed by atoms with E-state index in [2.05, 4.69) is 5.32 Å². The molecule has 2 rings (SSSR count). The van der Waals surface area contributed by atoms with Crippen LogP contribution >= 0.6 is 11.6 Å². The zero-order chi connectivity index (χ0) is 18.6. The van der Waals surface area contributed by atoms with Crippen molar-refractivity contribution in [1.29, 1.82) is 0 Å². The molecule has 1 aromatic carbocycles. The standard InChI is InChI=1S/C17H19ClN2O5/c1-10(2)14(17(24)25-9-11-6-4-3-5-7-11)20-15(18)13(16(20)23)19-12(22)8-21/h3-7,13,15,21H,8-9H2,1-2H3,(H,19,22)/t13-,15-/m0/s1. The number of ether oxygens (including phenoxy) is 1. The van der Waals surface area contributed by atoms with Crippen LogP contribution < -0.4 is 5.32 Å². The largest absolute Gasteiger partial charge is 0.456 e. The highest BCUT2D eigenvalue weighted by atomic mass is 35.5. The van der Waals surface area contributed by atoms with E-state index in [4.69, 9.17) is 21.4 Å². The molecule has 1 saturated heterocycles. The maximum atomic E-state index is 12.4. The molecule has 2 atom stereocenters. The first-order valence-corrected chi connectivity index (χ1v) is 8.06. The Morgan fingerprint density at radius 2 is 1.92 bits per heavy atom. The van der Waals surface area contributed by atoms with Crippen molar-refractivity contribution in [3.8, 4) is 0 Å². The fourth-order valence-corrected chi connectivity index (χ4v) is 2.74. The Morgan fingerprint density at radius 3 is 2.44 bits per heavy atom. The molecule has 1 aliphatic heterocycles. The Labute approximate surface area is 150 Å². The van der Waals surface area contributed by atoms with Crippen LogP contribution in [0.5, 0.6) is 0 Å². The molecule has 0 bridgehead atoms. The second-order valence-corrected chi connectivity index (χ2v) is 6.14. The Hall–Kier alpha value is -2.38. The first kappa shape index (κ1) is 19.0. The molecule has 0 saturated carbocycles. The number of carbonyl (C=O) groups is 3. The highest BCUT2D eigenvalue weighted by molar-refractivity contribution is 6.27. The number of aliphatic hydroxyl groups is 1. The number of hydrogen-bond acceptors (Lipinski definition) is 5. The molecule has 25 heavy (non-hydrogen) atoms. The summed E-state index contributed by atoms with van der Waals surface area (Å²) in [5.74, 6) is -1.92. The summed E-state index contributed by atoms with van der Waals surface area (Å²) in [4.78, 5) is 37.0. The zero-order valence-electron chi connectivity index (χ0n) is 13.9. The SMILES string of the molecule is CC(C)=C(C(=O)OCc1ccccc1)N1C(=O)[C@@H](NC(=O)CO)[C@H]1Cl. The van der Waals surface area contributed by atoms with Crippen molar-refractivity contribution in [2.24, 2.45) is 0 Å². The predicted octanol–water partition coefficient (Wildman–Crippen LogP) is 0.908.